The SMILES string of the molecule is O=C(/C=C/c1ccc(Cl)c(Cl)c1)Nc1ccc(C(F)(F)F)cc1. The third kappa shape index (κ3) is 5.01. The highest BCUT2D eigenvalue weighted by molar-refractivity contribution is 6.42. The summed E-state index contributed by atoms with van der Waals surface area (Å²) in [6, 6.07) is 9.04. The molecule has 0 unspecified atom stereocenters. The van der Waals surface area contributed by atoms with Gasteiger partial charge in [-0.25, -0.2) is 0 Å². The topological polar surface area (TPSA) is 29.1 Å². The van der Waals surface area contributed by atoms with Crippen molar-refractivity contribution in [2.24, 2.45) is 0 Å². The highest BCUT2D eigenvalue weighted by atomic mass is 35.5. The molecule has 0 fully saturated rings. The molecule has 0 saturated heterocycles. The van der Waals surface area contributed by atoms with Crippen molar-refractivity contribution in [1.29, 1.82) is 0 Å². The molecule has 0 atom stereocenters. The van der Waals surface area contributed by atoms with Crippen LogP contribution in [0.1, 0.15) is 11.1 Å². The Bertz CT molecular complexity index is 740. The average molecular weight is 360 g/mol. The molecule has 0 aliphatic rings. The van der Waals surface area contributed by atoms with Gasteiger partial charge in [0.2, 0.25) is 5.91 Å². The minimum absolute atomic E-state index is 0.266. The lowest BCUT2D eigenvalue weighted by Crippen LogP contribution is -2.09. The fraction of sp³-hybridized carbons (Fsp3) is 0.0625. The number of carbonyl (C=O) groups is 1. The molecule has 1 N–H and O–H groups in total. The van der Waals surface area contributed by atoms with Crippen molar-refractivity contribution in [2.45, 2.75) is 6.18 Å². The first kappa shape index (κ1) is 17.4. The fourth-order valence-electron chi connectivity index (χ4n) is 1.71. The van der Waals surface area contributed by atoms with Crippen LogP contribution in [0.4, 0.5) is 18.9 Å². The van der Waals surface area contributed by atoms with Gasteiger partial charge in [0.1, 0.15) is 0 Å². The van der Waals surface area contributed by atoms with Crippen molar-refractivity contribution in [1.82, 2.24) is 0 Å². The van der Waals surface area contributed by atoms with Crippen LogP contribution in [0.3, 0.4) is 0 Å². The maximum absolute atomic E-state index is 12.4. The molecule has 0 spiro atoms. The second kappa shape index (κ2) is 7.06. The lowest BCUT2D eigenvalue weighted by Gasteiger charge is -2.07. The van der Waals surface area contributed by atoms with Crippen LogP contribution in [0, 0.1) is 0 Å². The first-order chi connectivity index (χ1) is 10.8. The molecule has 0 heterocycles. The highest BCUT2D eigenvalue weighted by Crippen LogP contribution is 2.29. The highest BCUT2D eigenvalue weighted by Gasteiger charge is 2.29. The molecule has 2 nitrogen and oxygen atoms in total. The van der Waals surface area contributed by atoms with Crippen LogP contribution < -0.4 is 5.32 Å². The summed E-state index contributed by atoms with van der Waals surface area (Å²) in [4.78, 5) is 11.7. The number of carbonyl (C=O) groups excluding carboxylic acids is 1. The Labute approximate surface area is 140 Å². The van der Waals surface area contributed by atoms with Crippen molar-refractivity contribution in [3.8, 4) is 0 Å². The van der Waals surface area contributed by atoms with E-state index in [1.165, 1.54) is 24.3 Å². The molecular weight excluding hydrogens is 350 g/mol. The van der Waals surface area contributed by atoms with Crippen LogP contribution >= 0.6 is 23.2 Å². The van der Waals surface area contributed by atoms with Gasteiger partial charge in [-0.15, -0.1) is 0 Å². The molecular formula is C16H10Cl2F3NO. The number of anilines is 1. The van der Waals surface area contributed by atoms with Gasteiger partial charge in [0, 0.05) is 11.8 Å². The van der Waals surface area contributed by atoms with Crippen LogP contribution in [0.5, 0.6) is 0 Å². The molecule has 23 heavy (non-hydrogen) atoms. The number of rotatable bonds is 3. The summed E-state index contributed by atoms with van der Waals surface area (Å²) in [5.41, 5.74) is 0.158. The number of nitrogens with one attached hydrogen (secondary N) is 1. The molecule has 0 radical (unpaired) electrons. The van der Waals surface area contributed by atoms with Gasteiger partial charge >= 0.3 is 6.18 Å². The third-order valence-corrected chi connectivity index (χ3v) is 3.59. The van der Waals surface area contributed by atoms with Crippen molar-refractivity contribution in [3.63, 3.8) is 0 Å². The van der Waals surface area contributed by atoms with Gasteiger partial charge in [-0.1, -0.05) is 29.3 Å². The number of amides is 1. The van der Waals surface area contributed by atoms with Gasteiger partial charge in [0.15, 0.2) is 0 Å². The summed E-state index contributed by atoms with van der Waals surface area (Å²) in [6.07, 6.45) is -1.64. The van der Waals surface area contributed by atoms with Gasteiger partial charge < -0.3 is 5.32 Å². The quantitative estimate of drug-likeness (QED) is 0.703. The minimum Gasteiger partial charge on any atom is -0.323 e. The van der Waals surface area contributed by atoms with Crippen LogP contribution in [0.2, 0.25) is 10.0 Å². The molecule has 0 saturated carbocycles. The minimum atomic E-state index is -4.41. The first-order valence-corrected chi connectivity index (χ1v) is 7.13. The molecule has 2 aromatic carbocycles. The van der Waals surface area contributed by atoms with E-state index in [0.29, 0.717) is 15.6 Å². The van der Waals surface area contributed by atoms with E-state index in [1.54, 1.807) is 18.2 Å². The van der Waals surface area contributed by atoms with Crippen molar-refractivity contribution in [3.05, 3.63) is 69.7 Å². The number of alkyl halides is 3. The second-order valence-electron chi connectivity index (χ2n) is 4.57. The summed E-state index contributed by atoms with van der Waals surface area (Å²) in [7, 11) is 0. The lowest BCUT2D eigenvalue weighted by atomic mass is 10.2. The fourth-order valence-corrected chi connectivity index (χ4v) is 2.02. The molecule has 7 heteroatoms. The molecule has 0 aliphatic carbocycles. The number of benzene rings is 2. The van der Waals surface area contributed by atoms with E-state index in [9.17, 15) is 18.0 Å². The van der Waals surface area contributed by atoms with Gasteiger partial charge in [-0.2, -0.15) is 13.2 Å². The smallest absolute Gasteiger partial charge is 0.323 e. The Hall–Kier alpha value is -1.98. The Kier molecular flexibility index (Phi) is 5.34. The Morgan fingerprint density at radius 2 is 1.65 bits per heavy atom. The summed E-state index contributed by atoms with van der Waals surface area (Å²) in [5, 5.41) is 3.22. The van der Waals surface area contributed by atoms with Crippen LogP contribution in [-0.2, 0) is 11.0 Å². The van der Waals surface area contributed by atoms with Crippen molar-refractivity contribution < 1.29 is 18.0 Å². The Morgan fingerprint density at radius 3 is 2.22 bits per heavy atom. The Balaban J connectivity index is 2.01. The van der Waals surface area contributed by atoms with E-state index in [1.807, 2.05) is 0 Å². The number of hydrogen-bond acceptors (Lipinski definition) is 1. The summed E-state index contributed by atoms with van der Waals surface area (Å²) < 4.78 is 37.3. The van der Waals surface area contributed by atoms with Crippen molar-refractivity contribution >= 4 is 40.9 Å². The summed E-state index contributed by atoms with van der Waals surface area (Å²) in [6.45, 7) is 0. The molecule has 0 aromatic heterocycles. The van der Waals surface area contributed by atoms with Gasteiger partial charge in [-0.3, -0.25) is 4.79 Å². The van der Waals surface area contributed by atoms with Crippen LogP contribution in [0.15, 0.2) is 48.5 Å². The largest absolute Gasteiger partial charge is 0.416 e. The standard InChI is InChI=1S/C16H10Cl2F3NO/c17-13-7-1-10(9-14(13)18)2-8-15(23)22-12-5-3-11(4-6-12)16(19,20)21/h1-9H,(H,22,23)/b8-2+. The predicted octanol–water partition coefficient (Wildman–Crippen LogP) is 5.66. The van der Waals surface area contributed by atoms with E-state index in [2.05, 4.69) is 5.32 Å². The monoisotopic (exact) mass is 359 g/mol. The third-order valence-electron chi connectivity index (χ3n) is 2.85. The Morgan fingerprint density at radius 1 is 1.00 bits per heavy atom. The molecule has 2 rings (SSSR count). The molecule has 2 aromatic rings. The van der Waals surface area contributed by atoms with E-state index < -0.39 is 17.6 Å². The van der Waals surface area contributed by atoms with Crippen LogP contribution in [0.25, 0.3) is 6.08 Å². The van der Waals surface area contributed by atoms with Crippen molar-refractivity contribution in [2.75, 3.05) is 5.32 Å². The van der Waals surface area contributed by atoms with E-state index >= 15 is 0 Å². The summed E-state index contributed by atoms with van der Waals surface area (Å²) in [5.74, 6) is -0.476. The first-order valence-electron chi connectivity index (χ1n) is 6.37. The molecule has 1 amide bonds. The summed E-state index contributed by atoms with van der Waals surface area (Å²) >= 11 is 11.6. The molecule has 0 aliphatic heterocycles. The average Bonchev–Trinajstić information content (AvgIpc) is 2.48. The molecule has 120 valence electrons. The zero-order valence-corrected chi connectivity index (χ0v) is 13.0. The van der Waals surface area contributed by atoms with Gasteiger partial charge in [-0.05, 0) is 48.0 Å². The van der Waals surface area contributed by atoms with E-state index in [0.717, 1.165) is 12.1 Å². The molecule has 0 bridgehead atoms. The maximum Gasteiger partial charge on any atom is 0.416 e. The number of halogens is 5. The van der Waals surface area contributed by atoms with Gasteiger partial charge in [0.25, 0.3) is 0 Å². The zero-order chi connectivity index (χ0) is 17.0. The normalized spacial score (nSPS) is 11.7. The lowest BCUT2D eigenvalue weighted by molar-refractivity contribution is -0.137. The maximum atomic E-state index is 12.4. The van der Waals surface area contributed by atoms with Gasteiger partial charge in [0.05, 0.1) is 15.6 Å². The number of hydrogen-bond donors (Lipinski definition) is 1. The predicted molar refractivity (Wildman–Crippen MR) is 85.6 cm³/mol. The van der Waals surface area contributed by atoms with E-state index in [4.69, 9.17) is 23.2 Å². The van der Waals surface area contributed by atoms with Crippen LogP contribution in [-0.4, -0.2) is 5.91 Å². The van der Waals surface area contributed by atoms with E-state index in [-0.39, 0.29) is 5.69 Å². The second-order valence-corrected chi connectivity index (χ2v) is 5.39. The zero-order valence-electron chi connectivity index (χ0n) is 11.5.